The van der Waals surface area contributed by atoms with Crippen LogP contribution in [0, 0.1) is 0 Å². The molecule has 0 radical (unpaired) electrons. The summed E-state index contributed by atoms with van der Waals surface area (Å²) in [5, 5.41) is 8.74. The molecule has 0 unspecified atom stereocenters. The van der Waals surface area contributed by atoms with E-state index in [9.17, 15) is 0 Å². The van der Waals surface area contributed by atoms with E-state index < -0.39 is 0 Å². The first-order valence-electron chi connectivity index (χ1n) is 18.1. The van der Waals surface area contributed by atoms with Crippen molar-refractivity contribution >= 4 is 106 Å². The van der Waals surface area contributed by atoms with Crippen molar-refractivity contribution in [3.05, 3.63) is 170 Å². The van der Waals surface area contributed by atoms with Crippen LogP contribution in [-0.4, -0.2) is 9.55 Å². The third-order valence-electron chi connectivity index (χ3n) is 10.9. The van der Waals surface area contributed by atoms with Gasteiger partial charge in [0.2, 0.25) is 0 Å². The summed E-state index contributed by atoms with van der Waals surface area (Å²) in [6, 6.07) is 62.3. The Balaban J connectivity index is 1.09. The second-order valence-corrected chi connectivity index (χ2v) is 17.1. The molecule has 4 heterocycles. The van der Waals surface area contributed by atoms with Crippen LogP contribution in [0.1, 0.15) is 0 Å². The Kier molecular flexibility index (Phi) is 6.58. The summed E-state index contributed by atoms with van der Waals surface area (Å²) < 4.78 is 8.86. The fourth-order valence-electron chi connectivity index (χ4n) is 8.34. The molecule has 0 aliphatic heterocycles. The maximum Gasteiger partial charge on any atom is 0.124 e. The van der Waals surface area contributed by atoms with Crippen molar-refractivity contribution in [1.29, 1.82) is 0 Å². The van der Waals surface area contributed by atoms with Gasteiger partial charge >= 0.3 is 0 Å². The van der Waals surface area contributed by atoms with Gasteiger partial charge in [-0.05, 0) is 83.9 Å². The van der Waals surface area contributed by atoms with Crippen molar-refractivity contribution in [2.75, 3.05) is 0 Å². The van der Waals surface area contributed by atoms with E-state index in [4.69, 9.17) is 4.98 Å². The zero-order valence-corrected chi connectivity index (χ0v) is 31.2. The normalized spacial score (nSPS) is 12.1. The number of thiazole rings is 1. The maximum absolute atomic E-state index is 5.55. The van der Waals surface area contributed by atoms with Crippen LogP contribution >= 0.6 is 34.0 Å². The standard InChI is InChI=1S/C49H28N2S3/c1-2-10-32(11-3-1)51-41-15-7-4-12-35(41)38-28-31(18-23-42(38)51)49-50-47-33(29-19-24-45-39(26-29)36-13-5-8-16-43(36)52-45)21-22-34(48(47)54-49)30-20-25-46-40(27-30)37-14-6-9-17-44(37)53-46/h1-28H. The first-order valence-corrected chi connectivity index (χ1v) is 20.6. The Bertz CT molecular complexity index is 3300. The average Bonchev–Trinajstić information content (AvgIpc) is 4.01. The Morgan fingerprint density at radius 2 is 0.907 bits per heavy atom. The number of hydrogen-bond donors (Lipinski definition) is 0. The number of aromatic nitrogens is 2. The molecule has 0 atom stereocenters. The first kappa shape index (κ1) is 30.4. The predicted octanol–water partition coefficient (Wildman–Crippen LogP) is 15.1. The quantitative estimate of drug-likeness (QED) is 0.176. The van der Waals surface area contributed by atoms with E-state index in [2.05, 4.69) is 174 Å². The summed E-state index contributed by atoms with van der Waals surface area (Å²) >= 11 is 5.53. The third kappa shape index (κ3) is 4.53. The number of rotatable bonds is 4. The van der Waals surface area contributed by atoms with Crippen LogP contribution in [0.5, 0.6) is 0 Å². The summed E-state index contributed by atoms with van der Waals surface area (Å²) in [4.78, 5) is 5.55. The SMILES string of the molecule is c1ccc(-n2c3ccccc3c3cc(-c4nc5c(-c6ccc7sc8ccccc8c7c6)ccc(-c6ccc7sc8ccccc8c7c6)c5s4)ccc32)cc1. The predicted molar refractivity (Wildman–Crippen MR) is 236 cm³/mol. The van der Waals surface area contributed by atoms with Crippen molar-refractivity contribution in [2.24, 2.45) is 0 Å². The van der Waals surface area contributed by atoms with Crippen LogP contribution in [-0.2, 0) is 0 Å². The Hall–Kier alpha value is -6.11. The van der Waals surface area contributed by atoms with Crippen LogP contribution in [0.2, 0.25) is 0 Å². The second kappa shape index (κ2) is 11.7. The lowest BCUT2D eigenvalue weighted by atomic mass is 9.97. The number of benzene rings is 8. The molecule has 0 bridgehead atoms. The van der Waals surface area contributed by atoms with Crippen LogP contribution in [0.3, 0.4) is 0 Å². The molecule has 5 heteroatoms. The molecule has 12 aromatic rings. The van der Waals surface area contributed by atoms with E-state index in [1.54, 1.807) is 11.3 Å². The Morgan fingerprint density at radius 1 is 0.370 bits per heavy atom. The molecule has 2 nitrogen and oxygen atoms in total. The van der Waals surface area contributed by atoms with Gasteiger partial charge in [0.1, 0.15) is 5.01 Å². The lowest BCUT2D eigenvalue weighted by molar-refractivity contribution is 1.18. The number of thiophene rings is 2. The number of para-hydroxylation sites is 2. The van der Waals surface area contributed by atoms with Crippen LogP contribution in [0.25, 0.3) is 111 Å². The van der Waals surface area contributed by atoms with Crippen molar-refractivity contribution in [3.8, 4) is 38.5 Å². The average molecular weight is 741 g/mol. The van der Waals surface area contributed by atoms with Gasteiger partial charge in [0.15, 0.2) is 0 Å². The minimum absolute atomic E-state index is 1.03. The number of nitrogens with zero attached hydrogens (tertiary/aromatic N) is 2. The zero-order chi connectivity index (χ0) is 35.3. The van der Waals surface area contributed by atoms with E-state index in [1.807, 2.05) is 22.7 Å². The molecule has 0 aliphatic carbocycles. The Morgan fingerprint density at radius 3 is 1.63 bits per heavy atom. The van der Waals surface area contributed by atoms with Gasteiger partial charge in [-0.2, -0.15) is 0 Å². The summed E-state index contributed by atoms with van der Waals surface area (Å²) in [5.41, 5.74) is 10.5. The summed E-state index contributed by atoms with van der Waals surface area (Å²) in [7, 11) is 0. The van der Waals surface area contributed by atoms with Crippen molar-refractivity contribution < 1.29 is 0 Å². The maximum atomic E-state index is 5.55. The van der Waals surface area contributed by atoms with E-state index >= 15 is 0 Å². The van der Waals surface area contributed by atoms with Crippen LogP contribution < -0.4 is 0 Å². The minimum atomic E-state index is 1.03. The lowest BCUT2D eigenvalue weighted by Gasteiger charge is -2.09. The van der Waals surface area contributed by atoms with Gasteiger partial charge in [0, 0.05) is 73.5 Å². The molecular weight excluding hydrogens is 713 g/mol. The van der Waals surface area contributed by atoms with E-state index in [0.717, 1.165) is 27.3 Å². The zero-order valence-electron chi connectivity index (χ0n) is 28.8. The third-order valence-corrected chi connectivity index (χ3v) is 14.3. The number of fused-ring (bicyclic) bond motifs is 10. The molecule has 0 N–H and O–H groups in total. The van der Waals surface area contributed by atoms with Gasteiger partial charge in [0.25, 0.3) is 0 Å². The fourth-order valence-corrected chi connectivity index (χ4v) is 11.6. The lowest BCUT2D eigenvalue weighted by Crippen LogP contribution is -1.92. The molecule has 4 aromatic heterocycles. The highest BCUT2D eigenvalue weighted by atomic mass is 32.1. The molecule has 0 spiro atoms. The van der Waals surface area contributed by atoms with Crippen LogP contribution in [0.15, 0.2) is 170 Å². The molecule has 0 aliphatic rings. The highest BCUT2D eigenvalue weighted by Gasteiger charge is 2.20. The summed E-state index contributed by atoms with van der Waals surface area (Å²) in [6.07, 6.45) is 0. The number of hydrogen-bond acceptors (Lipinski definition) is 4. The van der Waals surface area contributed by atoms with Gasteiger partial charge < -0.3 is 4.57 Å². The molecule has 0 saturated heterocycles. The highest BCUT2D eigenvalue weighted by molar-refractivity contribution is 7.26. The molecule has 0 saturated carbocycles. The van der Waals surface area contributed by atoms with Gasteiger partial charge in [-0.3, -0.25) is 0 Å². The van der Waals surface area contributed by atoms with E-state index in [0.29, 0.717) is 0 Å². The first-order chi connectivity index (χ1) is 26.7. The molecule has 8 aromatic carbocycles. The monoisotopic (exact) mass is 740 g/mol. The fraction of sp³-hybridized carbons (Fsp3) is 0. The van der Waals surface area contributed by atoms with Gasteiger partial charge in [0.05, 0.1) is 21.3 Å². The molecule has 12 rings (SSSR count). The van der Waals surface area contributed by atoms with Gasteiger partial charge in [-0.1, -0.05) is 97.1 Å². The topological polar surface area (TPSA) is 17.8 Å². The highest BCUT2D eigenvalue weighted by Crippen LogP contribution is 2.45. The van der Waals surface area contributed by atoms with E-state index in [1.165, 1.54) is 83.5 Å². The minimum Gasteiger partial charge on any atom is -0.309 e. The smallest absolute Gasteiger partial charge is 0.124 e. The molecule has 252 valence electrons. The van der Waals surface area contributed by atoms with Crippen LogP contribution in [0.4, 0.5) is 0 Å². The molecule has 54 heavy (non-hydrogen) atoms. The van der Waals surface area contributed by atoms with Crippen molar-refractivity contribution in [1.82, 2.24) is 9.55 Å². The van der Waals surface area contributed by atoms with Gasteiger partial charge in [-0.25, -0.2) is 4.98 Å². The summed E-state index contributed by atoms with van der Waals surface area (Å²) in [5.74, 6) is 0. The molecule has 0 fully saturated rings. The Labute approximate surface area is 322 Å². The molecule has 0 amide bonds. The van der Waals surface area contributed by atoms with Crippen molar-refractivity contribution in [2.45, 2.75) is 0 Å². The molecular formula is C49H28N2S3. The summed E-state index contributed by atoms with van der Waals surface area (Å²) in [6.45, 7) is 0. The van der Waals surface area contributed by atoms with Gasteiger partial charge in [-0.15, -0.1) is 34.0 Å². The largest absolute Gasteiger partial charge is 0.309 e. The van der Waals surface area contributed by atoms with E-state index in [-0.39, 0.29) is 0 Å². The second-order valence-electron chi connectivity index (χ2n) is 13.9. The van der Waals surface area contributed by atoms with Crippen molar-refractivity contribution in [3.63, 3.8) is 0 Å².